The van der Waals surface area contributed by atoms with Gasteiger partial charge in [-0.05, 0) is 90.4 Å². The Hall–Kier alpha value is -3.48. The van der Waals surface area contributed by atoms with Gasteiger partial charge in [0.05, 0.1) is 0 Å². The zero-order valence-electron chi connectivity index (χ0n) is 23.1. The van der Waals surface area contributed by atoms with Crippen LogP contribution in [0.25, 0.3) is 10.8 Å². The highest BCUT2D eigenvalue weighted by atomic mass is 19.4. The second-order valence-electron chi connectivity index (χ2n) is 10.5. The monoisotopic (exact) mass is 572 g/mol. The lowest BCUT2D eigenvalue weighted by Gasteiger charge is -2.11. The number of alkyl halides is 3. The van der Waals surface area contributed by atoms with Crippen LogP contribution in [0.15, 0.2) is 66.7 Å². The number of hydrogen-bond acceptors (Lipinski definition) is 1. The predicted octanol–water partition coefficient (Wildman–Crippen LogP) is 9.89. The number of hydrogen-bond donors (Lipinski definition) is 0. The molecule has 0 aromatic heterocycles. The molecular formula is C34H34F6O. The summed E-state index contributed by atoms with van der Waals surface area (Å²) in [4.78, 5) is 0. The van der Waals surface area contributed by atoms with Crippen LogP contribution in [0.4, 0.5) is 26.3 Å². The van der Waals surface area contributed by atoms with E-state index in [-0.39, 0.29) is 23.6 Å². The molecule has 0 aliphatic carbocycles. The summed E-state index contributed by atoms with van der Waals surface area (Å²) in [6.45, 7) is 0.770. The van der Waals surface area contributed by atoms with Crippen LogP contribution in [0.2, 0.25) is 0 Å². The van der Waals surface area contributed by atoms with E-state index in [1.807, 2.05) is 12.1 Å². The number of unbranched alkanes of at least 4 members (excludes halogenated alkanes) is 3. The first-order valence-electron chi connectivity index (χ1n) is 14.1. The normalized spacial score (nSPS) is 11.8. The Morgan fingerprint density at radius 3 is 2.00 bits per heavy atom. The first kappa shape index (κ1) is 30.5. The second-order valence-corrected chi connectivity index (χ2v) is 10.5. The van der Waals surface area contributed by atoms with Gasteiger partial charge < -0.3 is 4.74 Å². The SMILES string of the molecule is CCCCCCc1cc(F)c(CCc2ccc3c(F)c(CCc4ccc(OCC(F)(F)F)cc4)ccc3c2)c(F)c1. The van der Waals surface area contributed by atoms with Gasteiger partial charge in [-0.1, -0.05) is 68.7 Å². The van der Waals surface area contributed by atoms with E-state index >= 15 is 4.39 Å². The summed E-state index contributed by atoms with van der Waals surface area (Å²) in [6, 6.07) is 18.1. The molecule has 0 unspecified atom stereocenters. The number of fused-ring (bicyclic) bond motifs is 1. The Kier molecular flexibility index (Phi) is 10.4. The van der Waals surface area contributed by atoms with E-state index in [2.05, 4.69) is 6.92 Å². The van der Waals surface area contributed by atoms with Gasteiger partial charge in [-0.2, -0.15) is 13.2 Å². The van der Waals surface area contributed by atoms with E-state index in [9.17, 15) is 22.0 Å². The number of aryl methyl sites for hydroxylation is 4. The average molecular weight is 573 g/mol. The molecule has 0 bridgehead atoms. The number of halogens is 6. The summed E-state index contributed by atoms with van der Waals surface area (Å²) < 4.78 is 86.3. The van der Waals surface area contributed by atoms with Crippen LogP contribution >= 0.6 is 0 Å². The van der Waals surface area contributed by atoms with Crippen LogP contribution in [-0.2, 0) is 32.1 Å². The van der Waals surface area contributed by atoms with Gasteiger partial charge in [-0.3, -0.25) is 0 Å². The molecule has 0 atom stereocenters. The molecule has 0 N–H and O–H groups in total. The third-order valence-electron chi connectivity index (χ3n) is 7.29. The Morgan fingerprint density at radius 2 is 1.32 bits per heavy atom. The molecule has 0 radical (unpaired) electrons. The van der Waals surface area contributed by atoms with Crippen LogP contribution in [0.3, 0.4) is 0 Å². The molecule has 41 heavy (non-hydrogen) atoms. The van der Waals surface area contributed by atoms with Gasteiger partial charge in [0.2, 0.25) is 0 Å². The van der Waals surface area contributed by atoms with Crippen molar-refractivity contribution >= 4 is 10.8 Å². The number of ether oxygens (including phenoxy) is 1. The maximum atomic E-state index is 15.3. The molecule has 0 heterocycles. The lowest BCUT2D eigenvalue weighted by molar-refractivity contribution is -0.153. The summed E-state index contributed by atoms with van der Waals surface area (Å²) in [7, 11) is 0. The van der Waals surface area contributed by atoms with Crippen LogP contribution in [-0.4, -0.2) is 12.8 Å². The Labute approximate surface area is 237 Å². The Bertz CT molecular complexity index is 1420. The largest absolute Gasteiger partial charge is 0.484 e. The fourth-order valence-electron chi connectivity index (χ4n) is 5.00. The highest BCUT2D eigenvalue weighted by Gasteiger charge is 2.28. The van der Waals surface area contributed by atoms with Crippen molar-refractivity contribution in [3.63, 3.8) is 0 Å². The van der Waals surface area contributed by atoms with Crippen molar-refractivity contribution in [1.82, 2.24) is 0 Å². The minimum Gasteiger partial charge on any atom is -0.484 e. The van der Waals surface area contributed by atoms with E-state index in [0.717, 1.165) is 36.8 Å². The Morgan fingerprint density at radius 1 is 0.634 bits per heavy atom. The molecule has 0 spiro atoms. The highest BCUT2D eigenvalue weighted by molar-refractivity contribution is 5.84. The standard InChI is InChI=1S/C34H34F6O/c1-2-3-4-5-6-25-20-31(35)30(32(36)21-25)18-11-24-10-17-29-27(19-24)14-13-26(33(29)37)12-7-23-8-15-28(16-9-23)41-22-34(38,39)40/h8-10,13-17,19-21H,2-7,11-12,18,22H2,1H3. The quantitative estimate of drug-likeness (QED) is 0.114. The lowest BCUT2D eigenvalue weighted by atomic mass is 9.96. The molecule has 4 aromatic carbocycles. The summed E-state index contributed by atoms with van der Waals surface area (Å²) in [5.74, 6) is -1.24. The van der Waals surface area contributed by atoms with Crippen LogP contribution < -0.4 is 4.74 Å². The van der Waals surface area contributed by atoms with Gasteiger partial charge in [0.25, 0.3) is 0 Å². The first-order valence-corrected chi connectivity index (χ1v) is 14.1. The first-order chi connectivity index (χ1) is 19.6. The minimum absolute atomic E-state index is 0.0730. The van der Waals surface area contributed by atoms with Crippen LogP contribution in [0.5, 0.6) is 5.75 Å². The van der Waals surface area contributed by atoms with Crippen molar-refractivity contribution in [2.45, 2.75) is 70.9 Å². The van der Waals surface area contributed by atoms with Gasteiger partial charge in [0.15, 0.2) is 6.61 Å². The topological polar surface area (TPSA) is 9.23 Å². The zero-order chi connectivity index (χ0) is 29.4. The molecule has 0 amide bonds. The Balaban J connectivity index is 1.36. The van der Waals surface area contributed by atoms with Crippen LogP contribution in [0.1, 0.15) is 60.4 Å². The van der Waals surface area contributed by atoms with Crippen molar-refractivity contribution in [3.05, 3.63) is 112 Å². The summed E-state index contributed by atoms with van der Waals surface area (Å²) >= 11 is 0. The zero-order valence-corrected chi connectivity index (χ0v) is 23.1. The van der Waals surface area contributed by atoms with Gasteiger partial charge in [-0.25, -0.2) is 13.2 Å². The van der Waals surface area contributed by atoms with E-state index < -0.39 is 24.4 Å². The van der Waals surface area contributed by atoms with Gasteiger partial charge in [0.1, 0.15) is 23.2 Å². The maximum Gasteiger partial charge on any atom is 0.422 e. The van der Waals surface area contributed by atoms with E-state index in [1.165, 1.54) is 24.3 Å². The van der Waals surface area contributed by atoms with Crippen molar-refractivity contribution < 1.29 is 31.1 Å². The molecule has 1 nitrogen and oxygen atoms in total. The fourth-order valence-corrected chi connectivity index (χ4v) is 5.00. The fraction of sp³-hybridized carbons (Fsp3) is 0.353. The molecule has 0 saturated carbocycles. The lowest BCUT2D eigenvalue weighted by Crippen LogP contribution is -2.19. The molecule has 0 aliphatic rings. The van der Waals surface area contributed by atoms with Gasteiger partial charge >= 0.3 is 6.18 Å². The van der Waals surface area contributed by atoms with Crippen molar-refractivity contribution in [2.75, 3.05) is 6.61 Å². The predicted molar refractivity (Wildman–Crippen MR) is 151 cm³/mol. The van der Waals surface area contributed by atoms with Crippen molar-refractivity contribution in [2.24, 2.45) is 0 Å². The smallest absolute Gasteiger partial charge is 0.422 e. The van der Waals surface area contributed by atoms with Crippen molar-refractivity contribution in [3.8, 4) is 5.75 Å². The minimum atomic E-state index is -4.40. The van der Waals surface area contributed by atoms with Crippen LogP contribution in [0, 0.1) is 17.5 Å². The van der Waals surface area contributed by atoms with E-state index in [4.69, 9.17) is 4.74 Å². The van der Waals surface area contributed by atoms with E-state index in [1.54, 1.807) is 30.3 Å². The van der Waals surface area contributed by atoms with Gasteiger partial charge in [-0.15, -0.1) is 0 Å². The highest BCUT2D eigenvalue weighted by Crippen LogP contribution is 2.26. The molecule has 218 valence electrons. The molecule has 7 heteroatoms. The molecule has 0 saturated heterocycles. The summed E-state index contributed by atoms with van der Waals surface area (Å²) in [5.41, 5.74) is 3.00. The third kappa shape index (κ3) is 8.75. The van der Waals surface area contributed by atoms with Gasteiger partial charge in [0, 0.05) is 10.9 Å². The molecule has 4 rings (SSSR count). The molecule has 4 aromatic rings. The van der Waals surface area contributed by atoms with Crippen molar-refractivity contribution in [1.29, 1.82) is 0 Å². The summed E-state index contributed by atoms with van der Waals surface area (Å²) in [6.07, 6.45) is 2.01. The third-order valence-corrected chi connectivity index (χ3v) is 7.29. The molecule has 0 fully saturated rings. The van der Waals surface area contributed by atoms with E-state index in [0.29, 0.717) is 47.6 Å². The molecular weight excluding hydrogens is 538 g/mol. The maximum absolute atomic E-state index is 15.3. The average Bonchev–Trinajstić information content (AvgIpc) is 2.93. The number of benzene rings is 4. The second kappa shape index (κ2) is 13.9. The summed E-state index contributed by atoms with van der Waals surface area (Å²) in [5, 5.41) is 1.17. The molecule has 0 aliphatic heterocycles. The number of rotatable bonds is 13.